The molecule has 13 heteroatoms. The smallest absolute Gasteiger partial charge is 0.428 e. The molecule has 196 valence electrons. The number of halogens is 2. The molecule has 0 fully saturated rings. The first-order valence-corrected chi connectivity index (χ1v) is 12.4. The number of ketones is 1. The second kappa shape index (κ2) is 12.5. The average Bonchev–Trinajstić information content (AvgIpc) is 2.88. The van der Waals surface area contributed by atoms with Crippen molar-refractivity contribution in [1.29, 1.82) is 5.26 Å². The monoisotopic (exact) mass is 575 g/mol. The van der Waals surface area contributed by atoms with Crippen LogP contribution in [0.2, 0.25) is 10.0 Å². The van der Waals surface area contributed by atoms with Gasteiger partial charge in [0.25, 0.3) is 17.2 Å². The summed E-state index contributed by atoms with van der Waals surface area (Å²) >= 11 is 9.57. The van der Waals surface area contributed by atoms with Gasteiger partial charge in [0.05, 0.1) is 17.2 Å². The van der Waals surface area contributed by atoms with Crippen LogP contribution in [0.15, 0.2) is 54.6 Å². The van der Waals surface area contributed by atoms with Crippen molar-refractivity contribution >= 4 is 57.9 Å². The van der Waals surface area contributed by atoms with E-state index in [1.165, 1.54) is 54.6 Å². The van der Waals surface area contributed by atoms with Gasteiger partial charge in [-0.05, 0) is 67.1 Å². The molecule has 0 saturated heterocycles. The Labute approximate surface area is 230 Å². The van der Waals surface area contributed by atoms with Crippen molar-refractivity contribution in [3.8, 4) is 17.6 Å². The molecule has 3 aromatic carbocycles. The molecule has 1 unspecified atom stereocenters. The van der Waals surface area contributed by atoms with E-state index in [2.05, 4.69) is 5.32 Å². The van der Waals surface area contributed by atoms with E-state index in [0.717, 1.165) is 7.05 Å². The number of nitrogens with zero attached hydrogens (tertiary/aromatic N) is 2. The fourth-order valence-electron chi connectivity index (χ4n) is 3.14. The predicted molar refractivity (Wildman–Crippen MR) is 141 cm³/mol. The van der Waals surface area contributed by atoms with Crippen LogP contribution in [0.5, 0.6) is 11.5 Å². The molecular weight excluding hydrogens is 557 g/mol. The van der Waals surface area contributed by atoms with E-state index in [0.29, 0.717) is 15.6 Å². The van der Waals surface area contributed by atoms with Gasteiger partial charge in [0.2, 0.25) is 0 Å². The topological polar surface area (TPSA) is 146 Å². The van der Waals surface area contributed by atoms with Gasteiger partial charge in [-0.15, -0.1) is 0 Å². The Kier molecular flexibility index (Phi) is 9.44. The number of nitriles is 1. The highest BCUT2D eigenvalue weighted by Gasteiger charge is 2.19. The summed E-state index contributed by atoms with van der Waals surface area (Å²) in [4.78, 5) is 37.5. The van der Waals surface area contributed by atoms with E-state index in [9.17, 15) is 18.6 Å². The Bertz CT molecular complexity index is 1490. The minimum absolute atomic E-state index is 0.0765. The van der Waals surface area contributed by atoms with Crippen LogP contribution in [0.25, 0.3) is 0 Å². The van der Waals surface area contributed by atoms with E-state index in [-0.39, 0.29) is 38.2 Å². The van der Waals surface area contributed by atoms with Gasteiger partial charge in [-0.2, -0.15) is 5.26 Å². The second-order valence-corrected chi connectivity index (χ2v) is 9.60. The lowest BCUT2D eigenvalue weighted by Gasteiger charge is -2.14. The van der Waals surface area contributed by atoms with E-state index < -0.39 is 35.7 Å². The molecular formula is C25H19Cl2N3O7S. The lowest BCUT2D eigenvalue weighted by atomic mass is 10.0. The summed E-state index contributed by atoms with van der Waals surface area (Å²) in [6.45, 7) is 1.20. The van der Waals surface area contributed by atoms with Crippen molar-refractivity contribution in [3.63, 3.8) is 0 Å². The molecule has 0 bridgehead atoms. The third-order valence-electron chi connectivity index (χ3n) is 5.00. The zero-order chi connectivity index (χ0) is 28.0. The van der Waals surface area contributed by atoms with E-state index in [1.54, 1.807) is 6.92 Å². The highest BCUT2D eigenvalue weighted by molar-refractivity contribution is 7.77. The van der Waals surface area contributed by atoms with Crippen LogP contribution in [0.3, 0.4) is 0 Å². The Hall–Kier alpha value is -3.95. The quantitative estimate of drug-likeness (QED) is 0.282. The molecule has 2 amide bonds. The number of ether oxygens (including phenoxy) is 2. The fourth-order valence-corrected chi connectivity index (χ4v) is 3.72. The number of aryl methyl sites for hydroxylation is 1. The molecule has 0 saturated carbocycles. The van der Waals surface area contributed by atoms with Gasteiger partial charge in [-0.25, -0.2) is 13.3 Å². The molecule has 0 spiro atoms. The number of benzene rings is 3. The molecule has 2 N–H and O–H groups in total. The summed E-state index contributed by atoms with van der Waals surface area (Å²) in [5, 5.41) is 12.3. The number of rotatable bonds is 8. The molecule has 38 heavy (non-hydrogen) atoms. The number of hydrogen-bond donors (Lipinski definition) is 2. The third kappa shape index (κ3) is 7.30. The lowest BCUT2D eigenvalue weighted by Crippen LogP contribution is -2.31. The van der Waals surface area contributed by atoms with Crippen LogP contribution in [0, 0.1) is 18.3 Å². The summed E-state index contributed by atoms with van der Waals surface area (Å²) in [5.41, 5.74) is 1.36. The number of anilines is 1. The molecule has 0 aliphatic carbocycles. The minimum atomic E-state index is -2.53. The molecule has 0 aliphatic rings. The Morgan fingerprint density at radius 2 is 1.82 bits per heavy atom. The van der Waals surface area contributed by atoms with Gasteiger partial charge >= 0.3 is 6.09 Å². The molecule has 3 rings (SSSR count). The largest absolute Gasteiger partial charge is 0.483 e. The van der Waals surface area contributed by atoms with Gasteiger partial charge in [0, 0.05) is 28.3 Å². The van der Waals surface area contributed by atoms with Crippen LogP contribution >= 0.6 is 23.2 Å². The molecule has 3 aromatic rings. The fraction of sp³-hybridized carbons (Fsp3) is 0.120. The predicted octanol–water partition coefficient (Wildman–Crippen LogP) is 4.99. The number of amides is 2. The molecule has 0 heterocycles. The lowest BCUT2D eigenvalue weighted by molar-refractivity contribution is -0.118. The number of carbonyl (C=O) groups excluding carboxylic acids is 3. The number of nitrogens with one attached hydrogen (secondary N) is 1. The summed E-state index contributed by atoms with van der Waals surface area (Å²) in [6, 6.07) is 14.8. The van der Waals surface area contributed by atoms with Crippen LogP contribution in [0.4, 0.5) is 10.5 Å². The average molecular weight is 576 g/mol. The second-order valence-electron chi connectivity index (χ2n) is 7.72. The van der Waals surface area contributed by atoms with Crippen LogP contribution in [-0.2, 0) is 16.1 Å². The maximum absolute atomic E-state index is 13.1. The van der Waals surface area contributed by atoms with Gasteiger partial charge in [0.15, 0.2) is 12.4 Å². The highest BCUT2D eigenvalue weighted by atomic mass is 35.5. The first-order chi connectivity index (χ1) is 18.0. The molecule has 0 aromatic heterocycles. The normalized spacial score (nSPS) is 11.2. The first kappa shape index (κ1) is 28.6. The van der Waals surface area contributed by atoms with Gasteiger partial charge in [-0.1, -0.05) is 23.2 Å². The molecule has 0 radical (unpaired) electrons. The first-order valence-electron chi connectivity index (χ1n) is 10.6. The molecule has 1 atom stereocenters. The summed E-state index contributed by atoms with van der Waals surface area (Å²) < 4.78 is 31.0. The van der Waals surface area contributed by atoms with Crippen molar-refractivity contribution in [2.45, 2.75) is 6.92 Å². The number of carbonyl (C=O) groups is 3. The van der Waals surface area contributed by atoms with Crippen molar-refractivity contribution in [2.75, 3.05) is 19.0 Å². The number of hydrogen-bond acceptors (Lipinski definition) is 7. The molecule has 0 aliphatic heterocycles. The van der Waals surface area contributed by atoms with Crippen molar-refractivity contribution in [2.24, 2.45) is 0 Å². The zero-order valence-electron chi connectivity index (χ0n) is 19.9. The maximum atomic E-state index is 13.1. The maximum Gasteiger partial charge on any atom is 0.428 e. The third-order valence-corrected chi connectivity index (χ3v) is 6.07. The van der Waals surface area contributed by atoms with Gasteiger partial charge in [-0.3, -0.25) is 14.1 Å². The van der Waals surface area contributed by atoms with Crippen molar-refractivity contribution in [3.05, 3.63) is 86.9 Å². The Balaban J connectivity index is 1.70. The van der Waals surface area contributed by atoms with Crippen LogP contribution in [-0.4, -0.2) is 44.5 Å². The summed E-state index contributed by atoms with van der Waals surface area (Å²) in [7, 11) is 1.10. The van der Waals surface area contributed by atoms with Gasteiger partial charge < -0.3 is 14.8 Å². The van der Waals surface area contributed by atoms with E-state index in [1.807, 2.05) is 6.07 Å². The van der Waals surface area contributed by atoms with E-state index in [4.69, 9.17) is 42.5 Å². The SMILES string of the molecule is Cc1cc(OC(=O)N(C)S(=O)O)ccc1NC(=O)COc1ccc(Cl)cc1C(=O)c1cc(Cl)cc(C#N)c1. The van der Waals surface area contributed by atoms with Crippen molar-refractivity contribution < 1.29 is 32.6 Å². The highest BCUT2D eigenvalue weighted by Crippen LogP contribution is 2.27. The minimum Gasteiger partial charge on any atom is -0.483 e. The standard InChI is InChI=1S/C25H19Cl2N3O7S/c1-14-7-19(37-25(33)30(2)38(34)35)4-5-21(14)29-23(31)13-36-22-6-3-17(26)11-20(22)24(32)16-8-15(12-28)9-18(27)10-16/h3-11H,13H2,1-2H3,(H,29,31)(H,34,35). The Morgan fingerprint density at radius 3 is 2.47 bits per heavy atom. The molecule has 10 nitrogen and oxygen atoms in total. The van der Waals surface area contributed by atoms with E-state index >= 15 is 0 Å². The summed E-state index contributed by atoms with van der Waals surface area (Å²) in [5.74, 6) is -0.851. The Morgan fingerprint density at radius 1 is 1.08 bits per heavy atom. The summed E-state index contributed by atoms with van der Waals surface area (Å²) in [6.07, 6.45) is -1.04. The van der Waals surface area contributed by atoms with Gasteiger partial charge in [0.1, 0.15) is 11.5 Å². The zero-order valence-corrected chi connectivity index (χ0v) is 22.2. The van der Waals surface area contributed by atoms with Crippen LogP contribution in [0.1, 0.15) is 27.0 Å². The van der Waals surface area contributed by atoms with Crippen LogP contribution < -0.4 is 14.8 Å². The van der Waals surface area contributed by atoms with Crippen molar-refractivity contribution in [1.82, 2.24) is 4.31 Å².